The average molecular weight is 257 g/mol. The van der Waals surface area contributed by atoms with Crippen LogP contribution in [0.3, 0.4) is 0 Å². The van der Waals surface area contributed by atoms with Crippen LogP contribution in [-0.4, -0.2) is 28.6 Å². The normalized spacial score (nSPS) is 26.2. The second-order valence-electron chi connectivity index (χ2n) is 6.21. The van der Waals surface area contributed by atoms with Crippen molar-refractivity contribution in [2.75, 3.05) is 6.54 Å². The van der Waals surface area contributed by atoms with Crippen LogP contribution in [0.15, 0.2) is 35.4 Å². The number of benzene rings is 1. The van der Waals surface area contributed by atoms with Gasteiger partial charge in [-0.3, -0.25) is 4.79 Å². The molecule has 4 heteroatoms. The van der Waals surface area contributed by atoms with E-state index in [-0.39, 0.29) is 23.4 Å². The summed E-state index contributed by atoms with van der Waals surface area (Å²) < 4.78 is 0. The van der Waals surface area contributed by atoms with E-state index in [9.17, 15) is 4.79 Å². The fourth-order valence-corrected chi connectivity index (χ4v) is 2.83. The fourth-order valence-electron chi connectivity index (χ4n) is 2.83. The number of nitrogens with zero attached hydrogens (tertiary/aromatic N) is 2. The molecular formula is C15H19N3O. The number of hydrazone groups is 1. The van der Waals surface area contributed by atoms with Gasteiger partial charge in [0.05, 0.1) is 12.0 Å². The Hall–Kier alpha value is -1.84. The molecule has 0 radical (unpaired) electrons. The van der Waals surface area contributed by atoms with Gasteiger partial charge in [-0.2, -0.15) is 5.10 Å². The molecule has 0 spiro atoms. The van der Waals surface area contributed by atoms with E-state index in [2.05, 4.69) is 43.4 Å². The molecule has 0 saturated carbocycles. The highest BCUT2D eigenvalue weighted by Gasteiger charge is 2.48. The number of nitrogens with one attached hydrogen (secondary N) is 1. The first-order valence-electron chi connectivity index (χ1n) is 6.68. The molecule has 0 aromatic heterocycles. The van der Waals surface area contributed by atoms with Gasteiger partial charge < -0.3 is 10.3 Å². The summed E-state index contributed by atoms with van der Waals surface area (Å²) in [6.07, 6.45) is 0. The third-order valence-corrected chi connectivity index (χ3v) is 3.89. The summed E-state index contributed by atoms with van der Waals surface area (Å²) in [4.78, 5) is 14.3. The van der Waals surface area contributed by atoms with E-state index in [4.69, 9.17) is 0 Å². The maximum atomic E-state index is 12.4. The smallest absolute Gasteiger partial charge is 0.270 e. The van der Waals surface area contributed by atoms with Crippen molar-refractivity contribution in [2.24, 2.45) is 11.0 Å². The number of amides is 1. The molecule has 4 nitrogen and oxygen atoms in total. The van der Waals surface area contributed by atoms with Crippen LogP contribution in [0.4, 0.5) is 0 Å². The van der Waals surface area contributed by atoms with Gasteiger partial charge in [-0.05, 0) is 26.3 Å². The Morgan fingerprint density at radius 3 is 2.58 bits per heavy atom. The van der Waals surface area contributed by atoms with Crippen LogP contribution >= 0.6 is 0 Å². The Morgan fingerprint density at radius 2 is 1.95 bits per heavy atom. The summed E-state index contributed by atoms with van der Waals surface area (Å²) in [6, 6.07) is 10.3. The average Bonchev–Trinajstić information content (AvgIpc) is 2.91. The van der Waals surface area contributed by atoms with Crippen LogP contribution in [0.5, 0.6) is 0 Å². The molecule has 0 bridgehead atoms. The third kappa shape index (κ3) is 1.91. The summed E-state index contributed by atoms with van der Waals surface area (Å²) in [7, 11) is 0. The molecule has 2 aliphatic heterocycles. The van der Waals surface area contributed by atoms with Gasteiger partial charge in [0.2, 0.25) is 0 Å². The quantitative estimate of drug-likeness (QED) is 0.835. The molecule has 2 aliphatic rings. The van der Waals surface area contributed by atoms with E-state index in [0.717, 1.165) is 6.54 Å². The van der Waals surface area contributed by atoms with Crippen molar-refractivity contribution in [3.63, 3.8) is 0 Å². The van der Waals surface area contributed by atoms with Crippen molar-refractivity contribution in [2.45, 2.75) is 32.4 Å². The van der Waals surface area contributed by atoms with Crippen molar-refractivity contribution in [3.8, 4) is 0 Å². The zero-order chi connectivity index (χ0) is 13.6. The molecule has 2 heterocycles. The highest BCUT2D eigenvalue weighted by molar-refractivity contribution is 6.42. The Kier molecular flexibility index (Phi) is 2.62. The number of hydrogen-bond acceptors (Lipinski definition) is 3. The molecule has 1 aromatic carbocycles. The SMILES string of the molecule is CC(C)(C)N1C[C@H]2C(=NN[C@H]2c2ccccc2)C1=O. The molecule has 1 aromatic rings. The van der Waals surface area contributed by atoms with Crippen LogP contribution < -0.4 is 5.43 Å². The van der Waals surface area contributed by atoms with Crippen LogP contribution in [0.25, 0.3) is 0 Å². The van der Waals surface area contributed by atoms with Crippen LogP contribution in [0, 0.1) is 5.92 Å². The lowest BCUT2D eigenvalue weighted by molar-refractivity contribution is -0.126. The molecule has 0 aliphatic carbocycles. The maximum Gasteiger partial charge on any atom is 0.270 e. The van der Waals surface area contributed by atoms with Crippen LogP contribution in [0.1, 0.15) is 32.4 Å². The number of carbonyl (C=O) groups is 1. The fraction of sp³-hybridized carbons (Fsp3) is 0.467. The number of fused-ring (bicyclic) bond motifs is 1. The molecule has 1 saturated heterocycles. The summed E-state index contributed by atoms with van der Waals surface area (Å²) in [5, 5.41) is 4.28. The number of likely N-dealkylation sites (tertiary alicyclic amines) is 1. The molecule has 1 N–H and O–H groups in total. The van der Waals surface area contributed by atoms with Gasteiger partial charge in [-0.1, -0.05) is 30.3 Å². The Morgan fingerprint density at radius 1 is 1.26 bits per heavy atom. The lowest BCUT2D eigenvalue weighted by atomic mass is 9.92. The number of hydrogen-bond donors (Lipinski definition) is 1. The van der Waals surface area contributed by atoms with Gasteiger partial charge >= 0.3 is 0 Å². The molecule has 3 rings (SSSR count). The Balaban J connectivity index is 1.88. The standard InChI is InChI=1S/C15H19N3O/c1-15(2,3)18-9-11-12(10-7-5-4-6-8-10)16-17-13(11)14(18)19/h4-8,11-12,16H,9H2,1-3H3/t11-,12+/m1/s1. The first kappa shape index (κ1) is 12.2. The second-order valence-corrected chi connectivity index (χ2v) is 6.21. The maximum absolute atomic E-state index is 12.4. The zero-order valence-electron chi connectivity index (χ0n) is 11.6. The third-order valence-electron chi connectivity index (χ3n) is 3.89. The first-order chi connectivity index (χ1) is 8.98. The predicted molar refractivity (Wildman–Crippen MR) is 74.7 cm³/mol. The number of rotatable bonds is 1. The minimum atomic E-state index is -0.148. The highest BCUT2D eigenvalue weighted by Crippen LogP contribution is 2.35. The van der Waals surface area contributed by atoms with Crippen molar-refractivity contribution in [1.29, 1.82) is 0 Å². The van der Waals surface area contributed by atoms with Crippen LogP contribution in [-0.2, 0) is 4.79 Å². The summed E-state index contributed by atoms with van der Waals surface area (Å²) in [6.45, 7) is 6.94. The molecule has 1 fully saturated rings. The summed E-state index contributed by atoms with van der Waals surface area (Å²) in [5.74, 6) is 0.234. The lowest BCUT2D eigenvalue weighted by Gasteiger charge is -2.32. The Bertz CT molecular complexity index is 530. The summed E-state index contributed by atoms with van der Waals surface area (Å²) >= 11 is 0. The molecule has 1 amide bonds. The largest absolute Gasteiger partial charge is 0.332 e. The van der Waals surface area contributed by atoms with E-state index >= 15 is 0 Å². The van der Waals surface area contributed by atoms with Gasteiger partial charge in [0.25, 0.3) is 5.91 Å². The molecule has 0 unspecified atom stereocenters. The van der Waals surface area contributed by atoms with Gasteiger partial charge in [-0.25, -0.2) is 0 Å². The van der Waals surface area contributed by atoms with Crippen molar-refractivity contribution >= 4 is 11.6 Å². The van der Waals surface area contributed by atoms with E-state index < -0.39 is 0 Å². The van der Waals surface area contributed by atoms with E-state index in [0.29, 0.717) is 5.71 Å². The van der Waals surface area contributed by atoms with Gasteiger partial charge in [0.1, 0.15) is 5.71 Å². The summed E-state index contributed by atoms with van der Waals surface area (Å²) in [5.41, 5.74) is 4.84. The van der Waals surface area contributed by atoms with Gasteiger partial charge in [0.15, 0.2) is 0 Å². The van der Waals surface area contributed by atoms with Crippen molar-refractivity contribution in [1.82, 2.24) is 10.3 Å². The van der Waals surface area contributed by atoms with E-state index in [1.165, 1.54) is 5.56 Å². The van der Waals surface area contributed by atoms with Crippen molar-refractivity contribution in [3.05, 3.63) is 35.9 Å². The molecule has 19 heavy (non-hydrogen) atoms. The number of carbonyl (C=O) groups excluding carboxylic acids is 1. The lowest BCUT2D eigenvalue weighted by Crippen LogP contribution is -2.43. The molecular weight excluding hydrogens is 238 g/mol. The minimum Gasteiger partial charge on any atom is -0.332 e. The van der Waals surface area contributed by atoms with Crippen LogP contribution in [0.2, 0.25) is 0 Å². The van der Waals surface area contributed by atoms with Crippen molar-refractivity contribution < 1.29 is 4.79 Å². The second kappa shape index (κ2) is 4.08. The predicted octanol–water partition coefficient (Wildman–Crippen LogP) is 1.94. The van der Waals surface area contributed by atoms with E-state index in [1.807, 2.05) is 23.1 Å². The van der Waals surface area contributed by atoms with Gasteiger partial charge in [0, 0.05) is 12.1 Å². The van der Waals surface area contributed by atoms with E-state index in [1.54, 1.807) is 0 Å². The van der Waals surface area contributed by atoms with Gasteiger partial charge in [-0.15, -0.1) is 0 Å². The Labute approximate surface area is 113 Å². The monoisotopic (exact) mass is 257 g/mol. The zero-order valence-corrected chi connectivity index (χ0v) is 11.6. The first-order valence-corrected chi connectivity index (χ1v) is 6.68. The molecule has 100 valence electrons. The minimum absolute atomic E-state index is 0.0726. The topological polar surface area (TPSA) is 44.7 Å². The molecule has 2 atom stereocenters. The highest BCUT2D eigenvalue weighted by atomic mass is 16.2.